The molecule has 0 aliphatic heterocycles. The van der Waals surface area contributed by atoms with Crippen LogP contribution in [0.25, 0.3) is 0 Å². The molecular formula is C13H18ClFO2. The first-order valence-electron chi connectivity index (χ1n) is 5.60. The average Bonchev–Trinajstić information content (AvgIpc) is 2.32. The maximum Gasteiger partial charge on any atom is 0.126 e. The van der Waals surface area contributed by atoms with Crippen molar-refractivity contribution in [2.75, 3.05) is 7.11 Å². The molecular weight excluding hydrogens is 243 g/mol. The molecule has 0 bridgehead atoms. The van der Waals surface area contributed by atoms with Crippen molar-refractivity contribution in [3.8, 4) is 0 Å². The van der Waals surface area contributed by atoms with E-state index >= 15 is 0 Å². The van der Waals surface area contributed by atoms with Crippen molar-refractivity contribution < 1.29 is 14.2 Å². The molecule has 2 nitrogen and oxygen atoms in total. The minimum atomic E-state index is -0.773. The lowest BCUT2D eigenvalue weighted by atomic mass is 9.90. The molecule has 0 heterocycles. The number of aliphatic hydroxyl groups excluding tert-OH is 1. The van der Waals surface area contributed by atoms with Gasteiger partial charge in [0, 0.05) is 18.6 Å². The van der Waals surface area contributed by atoms with Crippen LogP contribution < -0.4 is 0 Å². The Hall–Kier alpha value is -0.640. The fourth-order valence-electron chi connectivity index (χ4n) is 1.64. The molecule has 0 spiro atoms. The number of aliphatic hydroxyl groups is 1. The first-order chi connectivity index (χ1) is 7.92. The van der Waals surface area contributed by atoms with Crippen LogP contribution in [0.1, 0.15) is 25.8 Å². The molecule has 0 aliphatic carbocycles. The predicted molar refractivity (Wildman–Crippen MR) is 66.8 cm³/mol. The SMILES string of the molecule is CCC(C)(OC)C(O)Cc1cc(Cl)ccc1F. The van der Waals surface area contributed by atoms with Crippen molar-refractivity contribution in [2.24, 2.45) is 0 Å². The van der Waals surface area contributed by atoms with E-state index in [0.717, 1.165) is 0 Å². The second-order valence-corrected chi connectivity index (χ2v) is 4.76. The molecule has 0 radical (unpaired) electrons. The summed E-state index contributed by atoms with van der Waals surface area (Å²) in [6.07, 6.45) is 0.0581. The number of methoxy groups -OCH3 is 1. The van der Waals surface area contributed by atoms with Gasteiger partial charge in [-0.15, -0.1) is 0 Å². The van der Waals surface area contributed by atoms with Crippen LogP contribution in [0.4, 0.5) is 4.39 Å². The van der Waals surface area contributed by atoms with E-state index in [-0.39, 0.29) is 12.2 Å². The van der Waals surface area contributed by atoms with E-state index in [1.165, 1.54) is 18.2 Å². The summed E-state index contributed by atoms with van der Waals surface area (Å²) >= 11 is 5.80. The minimum Gasteiger partial charge on any atom is -0.390 e. The van der Waals surface area contributed by atoms with E-state index in [4.69, 9.17) is 16.3 Å². The van der Waals surface area contributed by atoms with Gasteiger partial charge in [0.15, 0.2) is 0 Å². The predicted octanol–water partition coefficient (Wildman–Crippen LogP) is 3.20. The van der Waals surface area contributed by atoms with Gasteiger partial charge in [0.2, 0.25) is 0 Å². The van der Waals surface area contributed by atoms with Gasteiger partial charge in [-0.05, 0) is 37.1 Å². The van der Waals surface area contributed by atoms with Gasteiger partial charge in [-0.2, -0.15) is 0 Å². The highest BCUT2D eigenvalue weighted by atomic mass is 35.5. The lowest BCUT2D eigenvalue weighted by Crippen LogP contribution is -2.42. The zero-order valence-electron chi connectivity index (χ0n) is 10.3. The van der Waals surface area contributed by atoms with Crippen molar-refractivity contribution in [3.05, 3.63) is 34.6 Å². The Morgan fingerprint density at radius 3 is 2.71 bits per heavy atom. The molecule has 1 N–H and O–H groups in total. The second-order valence-electron chi connectivity index (χ2n) is 4.33. The number of hydrogen-bond acceptors (Lipinski definition) is 2. The second kappa shape index (κ2) is 5.80. The molecule has 1 aromatic carbocycles. The van der Waals surface area contributed by atoms with Gasteiger partial charge >= 0.3 is 0 Å². The van der Waals surface area contributed by atoms with Crippen LogP contribution in [-0.4, -0.2) is 23.9 Å². The maximum absolute atomic E-state index is 13.5. The Balaban J connectivity index is 2.87. The summed E-state index contributed by atoms with van der Waals surface area (Å²) in [7, 11) is 1.54. The third-order valence-corrected chi connectivity index (χ3v) is 3.53. The number of halogens is 2. The van der Waals surface area contributed by atoms with Crippen LogP contribution in [-0.2, 0) is 11.2 Å². The normalized spacial score (nSPS) is 16.6. The summed E-state index contributed by atoms with van der Waals surface area (Å²) in [4.78, 5) is 0. The molecule has 96 valence electrons. The Labute approximate surface area is 106 Å². The van der Waals surface area contributed by atoms with Gasteiger partial charge in [-0.1, -0.05) is 18.5 Å². The third-order valence-electron chi connectivity index (χ3n) is 3.29. The van der Waals surface area contributed by atoms with Crippen LogP contribution in [0.15, 0.2) is 18.2 Å². The minimum absolute atomic E-state index is 0.185. The van der Waals surface area contributed by atoms with Gasteiger partial charge in [-0.25, -0.2) is 4.39 Å². The molecule has 1 rings (SSSR count). The highest BCUT2D eigenvalue weighted by Crippen LogP contribution is 2.24. The molecule has 0 saturated heterocycles. The van der Waals surface area contributed by atoms with E-state index in [0.29, 0.717) is 17.0 Å². The van der Waals surface area contributed by atoms with Crippen LogP contribution in [0.2, 0.25) is 5.02 Å². The van der Waals surface area contributed by atoms with Crippen molar-refractivity contribution in [2.45, 2.75) is 38.4 Å². The summed E-state index contributed by atoms with van der Waals surface area (Å²) in [5, 5.41) is 10.6. The molecule has 0 aromatic heterocycles. The number of hydrogen-bond donors (Lipinski definition) is 1. The summed E-state index contributed by atoms with van der Waals surface area (Å²) in [5.41, 5.74) is -0.267. The standard InChI is InChI=1S/C13H18ClFO2/c1-4-13(2,17-3)12(16)8-9-7-10(14)5-6-11(9)15/h5-7,12,16H,4,8H2,1-3H3. The molecule has 2 unspecified atom stereocenters. The monoisotopic (exact) mass is 260 g/mol. The smallest absolute Gasteiger partial charge is 0.126 e. The van der Waals surface area contributed by atoms with Crippen LogP contribution in [0.3, 0.4) is 0 Å². The zero-order chi connectivity index (χ0) is 13.1. The Bertz CT molecular complexity index is 378. The van der Waals surface area contributed by atoms with Crippen molar-refractivity contribution in [1.82, 2.24) is 0 Å². The van der Waals surface area contributed by atoms with Gasteiger partial charge in [0.1, 0.15) is 5.82 Å². The topological polar surface area (TPSA) is 29.5 Å². The summed E-state index contributed by atoms with van der Waals surface area (Å²) < 4.78 is 18.8. The Morgan fingerprint density at radius 1 is 1.53 bits per heavy atom. The molecule has 2 atom stereocenters. The van der Waals surface area contributed by atoms with Crippen molar-refractivity contribution in [3.63, 3.8) is 0 Å². The highest BCUT2D eigenvalue weighted by Gasteiger charge is 2.31. The van der Waals surface area contributed by atoms with Gasteiger partial charge in [0.05, 0.1) is 11.7 Å². The third kappa shape index (κ3) is 3.41. The van der Waals surface area contributed by atoms with Crippen molar-refractivity contribution in [1.29, 1.82) is 0 Å². The summed E-state index contributed by atoms with van der Waals surface area (Å²) in [6.45, 7) is 3.72. The summed E-state index contributed by atoms with van der Waals surface area (Å²) in [5.74, 6) is -0.358. The number of rotatable bonds is 5. The quantitative estimate of drug-likeness (QED) is 0.881. The Kier molecular flexibility index (Phi) is 4.92. The maximum atomic E-state index is 13.5. The first-order valence-corrected chi connectivity index (χ1v) is 5.98. The van der Waals surface area contributed by atoms with E-state index in [2.05, 4.69) is 0 Å². The average molecular weight is 261 g/mol. The first kappa shape index (κ1) is 14.4. The summed E-state index contributed by atoms with van der Waals surface area (Å²) in [6, 6.07) is 4.33. The molecule has 1 aromatic rings. The number of ether oxygens (including phenoxy) is 1. The van der Waals surface area contributed by atoms with Crippen molar-refractivity contribution >= 4 is 11.6 Å². The molecule has 0 saturated carbocycles. The van der Waals surface area contributed by atoms with Crippen LogP contribution in [0, 0.1) is 5.82 Å². The Morgan fingerprint density at radius 2 is 2.18 bits per heavy atom. The van der Waals surface area contributed by atoms with Gasteiger partial charge in [-0.3, -0.25) is 0 Å². The highest BCUT2D eigenvalue weighted by molar-refractivity contribution is 6.30. The fourth-order valence-corrected chi connectivity index (χ4v) is 1.83. The lowest BCUT2D eigenvalue weighted by molar-refractivity contribution is -0.0916. The van der Waals surface area contributed by atoms with Gasteiger partial charge in [0.25, 0.3) is 0 Å². The largest absolute Gasteiger partial charge is 0.390 e. The molecule has 17 heavy (non-hydrogen) atoms. The molecule has 0 aliphatic rings. The van der Waals surface area contributed by atoms with Crippen LogP contribution >= 0.6 is 11.6 Å². The van der Waals surface area contributed by atoms with E-state index < -0.39 is 11.7 Å². The van der Waals surface area contributed by atoms with Crippen LogP contribution in [0.5, 0.6) is 0 Å². The molecule has 0 amide bonds. The van der Waals surface area contributed by atoms with E-state index in [9.17, 15) is 9.50 Å². The van der Waals surface area contributed by atoms with E-state index in [1.54, 1.807) is 14.0 Å². The number of benzene rings is 1. The molecule has 4 heteroatoms. The zero-order valence-corrected chi connectivity index (χ0v) is 11.1. The molecule has 0 fully saturated rings. The fraction of sp³-hybridized carbons (Fsp3) is 0.538. The lowest BCUT2D eigenvalue weighted by Gasteiger charge is -2.32. The van der Waals surface area contributed by atoms with Gasteiger partial charge < -0.3 is 9.84 Å². The van der Waals surface area contributed by atoms with E-state index in [1.807, 2.05) is 6.92 Å².